The molecule has 1 saturated heterocycles. The van der Waals surface area contributed by atoms with E-state index in [1.165, 1.54) is 51.6 Å². The number of piperidine rings is 1. The summed E-state index contributed by atoms with van der Waals surface area (Å²) in [5, 5.41) is 2.83. The van der Waals surface area contributed by atoms with Crippen LogP contribution in [0.5, 0.6) is 0 Å². The summed E-state index contributed by atoms with van der Waals surface area (Å²) in [5.41, 5.74) is 2.06. The summed E-state index contributed by atoms with van der Waals surface area (Å²) in [6.07, 6.45) is 8.22. The number of rotatable bonds is 4. The zero-order chi connectivity index (χ0) is 20.5. The minimum atomic E-state index is -0.229. The number of aromatic nitrogens is 1. The van der Waals surface area contributed by atoms with Crippen molar-refractivity contribution in [3.05, 3.63) is 64.1 Å². The summed E-state index contributed by atoms with van der Waals surface area (Å²) < 4.78 is 1.94. The molecule has 3 heterocycles. The van der Waals surface area contributed by atoms with Crippen LogP contribution in [0.4, 0.5) is 5.69 Å². The predicted octanol–water partition coefficient (Wildman–Crippen LogP) is 2.68. The molecule has 2 aromatic rings. The maximum Gasteiger partial charge on any atom is 0.274 e. The van der Waals surface area contributed by atoms with Gasteiger partial charge in [-0.3, -0.25) is 9.59 Å². The number of nitrogens with zero attached hydrogens (tertiary/aromatic N) is 1. The molecule has 5 nitrogen and oxygen atoms in total. The molecule has 5 heteroatoms. The van der Waals surface area contributed by atoms with Crippen molar-refractivity contribution < 1.29 is 9.69 Å². The van der Waals surface area contributed by atoms with Crippen LogP contribution in [0.15, 0.2) is 47.3 Å². The molecule has 1 aliphatic carbocycles. The molecule has 1 aromatic heterocycles. The standard InChI is InChI=1S/C25H31N3O2/c29-24(20-9-5-2-6-10-20)26-22-11-12-23-21-13-19(16-28(23)25(22)30)15-27(17-21)14-18-7-3-1-4-8-18/h2,5-6,9-12,18-19,21H,1,3-4,7-8,13-17H2,(H,26,29)/p+1/t19-,21+/m0/s1. The van der Waals surface area contributed by atoms with E-state index >= 15 is 0 Å². The number of anilines is 1. The summed E-state index contributed by atoms with van der Waals surface area (Å²) in [4.78, 5) is 27.4. The van der Waals surface area contributed by atoms with Crippen molar-refractivity contribution in [2.75, 3.05) is 25.0 Å². The molecule has 1 amide bonds. The highest BCUT2D eigenvalue weighted by Crippen LogP contribution is 2.31. The van der Waals surface area contributed by atoms with Gasteiger partial charge in [0.25, 0.3) is 11.5 Å². The number of amides is 1. The largest absolute Gasteiger partial charge is 0.334 e. The van der Waals surface area contributed by atoms with E-state index < -0.39 is 0 Å². The van der Waals surface area contributed by atoms with Gasteiger partial charge >= 0.3 is 0 Å². The van der Waals surface area contributed by atoms with Gasteiger partial charge in [0.1, 0.15) is 5.69 Å². The van der Waals surface area contributed by atoms with Gasteiger partial charge in [0.2, 0.25) is 0 Å². The van der Waals surface area contributed by atoms with Gasteiger partial charge in [0, 0.05) is 35.6 Å². The highest BCUT2D eigenvalue weighted by Gasteiger charge is 2.38. The molecule has 2 aliphatic heterocycles. The highest BCUT2D eigenvalue weighted by molar-refractivity contribution is 6.04. The third-order valence-electron chi connectivity index (χ3n) is 7.38. The van der Waals surface area contributed by atoms with E-state index in [0.717, 1.165) is 24.7 Å². The molecule has 0 radical (unpaired) electrons. The first-order valence-electron chi connectivity index (χ1n) is 11.6. The van der Waals surface area contributed by atoms with Gasteiger partial charge in [-0.15, -0.1) is 0 Å². The van der Waals surface area contributed by atoms with Crippen molar-refractivity contribution in [3.8, 4) is 0 Å². The van der Waals surface area contributed by atoms with E-state index in [1.54, 1.807) is 17.0 Å². The second-order valence-electron chi connectivity index (χ2n) is 9.57. The maximum atomic E-state index is 13.2. The Morgan fingerprint density at radius 2 is 1.83 bits per heavy atom. The lowest BCUT2D eigenvalue weighted by atomic mass is 9.81. The van der Waals surface area contributed by atoms with Gasteiger partial charge in [-0.25, -0.2) is 0 Å². The zero-order valence-electron chi connectivity index (χ0n) is 17.6. The Labute approximate surface area is 178 Å². The molecule has 0 spiro atoms. The van der Waals surface area contributed by atoms with Crippen molar-refractivity contribution in [1.82, 2.24) is 4.57 Å². The normalized spacial score (nSPS) is 26.1. The Morgan fingerprint density at radius 1 is 1.03 bits per heavy atom. The van der Waals surface area contributed by atoms with Gasteiger partial charge in [0.05, 0.1) is 19.6 Å². The molecule has 3 aliphatic rings. The quantitative estimate of drug-likeness (QED) is 0.820. The van der Waals surface area contributed by atoms with E-state index in [4.69, 9.17) is 0 Å². The van der Waals surface area contributed by atoms with Gasteiger partial charge < -0.3 is 14.8 Å². The van der Waals surface area contributed by atoms with Crippen LogP contribution in [0.2, 0.25) is 0 Å². The maximum absolute atomic E-state index is 13.2. The second-order valence-corrected chi connectivity index (χ2v) is 9.57. The number of hydrogen-bond acceptors (Lipinski definition) is 2. The number of pyridine rings is 1. The summed E-state index contributed by atoms with van der Waals surface area (Å²) in [7, 11) is 0. The molecule has 2 bridgehead atoms. The Morgan fingerprint density at radius 3 is 2.63 bits per heavy atom. The fourth-order valence-electron chi connectivity index (χ4n) is 6.01. The smallest absolute Gasteiger partial charge is 0.274 e. The Kier molecular flexibility index (Phi) is 5.47. The number of nitrogens with one attached hydrogen (secondary N) is 2. The molecular weight excluding hydrogens is 374 g/mol. The van der Waals surface area contributed by atoms with Crippen molar-refractivity contribution in [2.45, 2.75) is 51.0 Å². The minimum Gasteiger partial charge on any atom is -0.334 e. The SMILES string of the molecule is O=C(Nc1ccc2n(c1=O)C[C@H]1C[C@@H]2C[NH+](CC2CCCCC2)C1)c1ccccc1. The van der Waals surface area contributed by atoms with E-state index in [9.17, 15) is 9.59 Å². The zero-order valence-corrected chi connectivity index (χ0v) is 17.6. The molecule has 1 unspecified atom stereocenters. The van der Waals surface area contributed by atoms with Crippen LogP contribution in [0.1, 0.15) is 60.5 Å². The van der Waals surface area contributed by atoms with Gasteiger partial charge in [0.15, 0.2) is 0 Å². The van der Waals surface area contributed by atoms with E-state index in [1.807, 2.05) is 28.8 Å². The summed E-state index contributed by atoms with van der Waals surface area (Å²) >= 11 is 0. The molecule has 158 valence electrons. The van der Waals surface area contributed by atoms with Crippen molar-refractivity contribution in [3.63, 3.8) is 0 Å². The van der Waals surface area contributed by atoms with Gasteiger partial charge in [-0.2, -0.15) is 0 Å². The lowest BCUT2D eigenvalue weighted by Gasteiger charge is -2.41. The van der Waals surface area contributed by atoms with Crippen LogP contribution in [-0.4, -0.2) is 30.1 Å². The first-order valence-corrected chi connectivity index (χ1v) is 11.6. The first-order chi connectivity index (χ1) is 14.7. The molecule has 2 fully saturated rings. The lowest BCUT2D eigenvalue weighted by Crippen LogP contribution is -3.15. The molecule has 3 atom stereocenters. The van der Waals surface area contributed by atoms with Gasteiger partial charge in [-0.1, -0.05) is 37.5 Å². The summed E-state index contributed by atoms with van der Waals surface area (Å²) in [6, 6.07) is 13.0. The minimum absolute atomic E-state index is 0.0535. The van der Waals surface area contributed by atoms with Crippen LogP contribution in [0.25, 0.3) is 0 Å². The average Bonchev–Trinajstić information content (AvgIpc) is 2.77. The topological polar surface area (TPSA) is 55.5 Å². The fraction of sp³-hybridized carbons (Fsp3) is 0.520. The van der Waals surface area contributed by atoms with E-state index in [0.29, 0.717) is 23.1 Å². The summed E-state index contributed by atoms with van der Waals surface area (Å²) in [6.45, 7) is 4.41. The second kappa shape index (κ2) is 8.38. The number of likely N-dealkylation sites (tertiary alicyclic amines) is 1. The third-order valence-corrected chi connectivity index (χ3v) is 7.38. The van der Waals surface area contributed by atoms with Crippen LogP contribution in [0, 0.1) is 11.8 Å². The van der Waals surface area contributed by atoms with Crippen molar-refractivity contribution >= 4 is 11.6 Å². The van der Waals surface area contributed by atoms with Gasteiger partial charge in [-0.05, 0) is 43.5 Å². The average molecular weight is 407 g/mol. The number of fused-ring (bicyclic) bond motifs is 4. The Hall–Kier alpha value is -2.40. The molecule has 30 heavy (non-hydrogen) atoms. The van der Waals surface area contributed by atoms with Crippen LogP contribution in [-0.2, 0) is 6.54 Å². The van der Waals surface area contributed by atoms with Crippen LogP contribution < -0.4 is 15.8 Å². The van der Waals surface area contributed by atoms with E-state index in [2.05, 4.69) is 11.4 Å². The number of carbonyl (C=O) groups excluding carboxylic acids is 1. The highest BCUT2D eigenvalue weighted by atomic mass is 16.2. The molecule has 5 rings (SSSR count). The molecular formula is C25H32N3O2+. The molecule has 1 aromatic carbocycles. The number of quaternary nitrogens is 1. The molecule has 1 saturated carbocycles. The predicted molar refractivity (Wildman–Crippen MR) is 118 cm³/mol. The summed E-state index contributed by atoms with van der Waals surface area (Å²) in [5.74, 6) is 1.69. The van der Waals surface area contributed by atoms with E-state index in [-0.39, 0.29) is 11.5 Å². The molecule has 2 N–H and O–H groups in total. The third kappa shape index (κ3) is 3.95. The number of benzene rings is 1. The Balaban J connectivity index is 1.32. The first kappa shape index (κ1) is 19.6. The van der Waals surface area contributed by atoms with Crippen LogP contribution in [0.3, 0.4) is 0 Å². The van der Waals surface area contributed by atoms with Crippen molar-refractivity contribution in [1.29, 1.82) is 0 Å². The fourth-order valence-corrected chi connectivity index (χ4v) is 6.01. The monoisotopic (exact) mass is 406 g/mol. The number of carbonyl (C=O) groups is 1. The lowest BCUT2D eigenvalue weighted by molar-refractivity contribution is -0.914. The number of hydrogen-bond donors (Lipinski definition) is 2. The van der Waals surface area contributed by atoms with Crippen molar-refractivity contribution in [2.24, 2.45) is 11.8 Å². The Bertz CT molecular complexity index is 962. The van der Waals surface area contributed by atoms with Crippen LogP contribution >= 0.6 is 0 Å².